The number of nitrogens with two attached hydrogens (primary N) is 1. The zero-order valence-corrected chi connectivity index (χ0v) is 18.4. The normalized spacial score (nSPS) is 11.0. The molecule has 2 aromatic rings. The van der Waals surface area contributed by atoms with Gasteiger partial charge in [-0.2, -0.15) is 0 Å². The molecule has 0 aliphatic heterocycles. The van der Waals surface area contributed by atoms with Crippen LogP contribution in [0.15, 0.2) is 35.3 Å². The summed E-state index contributed by atoms with van der Waals surface area (Å²) in [5, 5.41) is 7.46. The maximum Gasteiger partial charge on any atom is 0.248 e. The monoisotopic (exact) mass is 509 g/mol. The van der Waals surface area contributed by atoms with Gasteiger partial charge in [-0.3, -0.25) is 4.79 Å². The summed E-state index contributed by atoms with van der Waals surface area (Å²) in [5.41, 5.74) is 7.65. The summed E-state index contributed by atoms with van der Waals surface area (Å²) in [6, 6.07) is 8.89. The highest BCUT2D eigenvalue weighted by molar-refractivity contribution is 14.0. The predicted molar refractivity (Wildman–Crippen MR) is 117 cm³/mol. The molecular weight excluding hydrogens is 488 g/mol. The van der Waals surface area contributed by atoms with Crippen LogP contribution in [-0.4, -0.2) is 23.0 Å². The van der Waals surface area contributed by atoms with Crippen molar-refractivity contribution in [3.63, 3.8) is 0 Å². The molecule has 0 radical (unpaired) electrons. The van der Waals surface area contributed by atoms with Crippen molar-refractivity contribution in [1.82, 2.24) is 15.2 Å². The molecule has 0 fully saturated rings. The molecule has 0 atom stereocenters. The molecule has 26 heavy (non-hydrogen) atoms. The molecule has 0 saturated heterocycles. The van der Waals surface area contributed by atoms with Crippen molar-refractivity contribution in [1.29, 1.82) is 0 Å². The third-order valence-electron chi connectivity index (χ3n) is 3.66. The number of guanidine groups is 1. The number of aromatic nitrogens is 1. The molecule has 6 nitrogen and oxygen atoms in total. The highest BCUT2D eigenvalue weighted by Gasteiger charge is 2.09. The lowest BCUT2D eigenvalue weighted by Crippen LogP contribution is -2.37. The molecule has 0 saturated carbocycles. The second-order valence-corrected chi connectivity index (χ2v) is 6.21. The maximum absolute atomic E-state index is 11.1. The summed E-state index contributed by atoms with van der Waals surface area (Å²) in [6.45, 7) is 3.74. The minimum absolute atomic E-state index is 0. The van der Waals surface area contributed by atoms with Crippen LogP contribution in [0.2, 0.25) is 10.2 Å². The van der Waals surface area contributed by atoms with Crippen molar-refractivity contribution in [3.8, 4) is 0 Å². The Morgan fingerprint density at radius 2 is 1.88 bits per heavy atom. The Bertz CT molecular complexity index is 774. The average Bonchev–Trinajstić information content (AvgIpc) is 2.84. The van der Waals surface area contributed by atoms with E-state index in [0.717, 1.165) is 17.8 Å². The highest BCUT2D eigenvalue weighted by atomic mass is 127. The summed E-state index contributed by atoms with van der Waals surface area (Å²) in [6.07, 6.45) is 0. The molecule has 0 unspecified atom stereocenters. The second kappa shape index (κ2) is 10.6. The summed E-state index contributed by atoms with van der Waals surface area (Å²) in [5.74, 6) is 0.236. The fourth-order valence-corrected chi connectivity index (χ4v) is 2.64. The predicted octanol–water partition coefficient (Wildman–Crippen LogP) is 3.30. The minimum Gasteiger partial charge on any atom is -0.366 e. The number of hydrogen-bond acceptors (Lipinski definition) is 2. The van der Waals surface area contributed by atoms with E-state index in [4.69, 9.17) is 28.9 Å². The Kier molecular flexibility index (Phi) is 9.24. The number of nitrogens with one attached hydrogen (secondary N) is 2. The number of rotatable bonds is 6. The standard InChI is InChI=1S/C17H21Cl2N5O.HI/c1-3-21-17(23-10-13-8-14(18)15(19)24(13)2)22-9-11-4-6-12(7-5-11)16(20)25;/h4-8H,3,9-10H2,1-2H3,(H2,20,25)(H2,21,22,23);1H. The number of benzene rings is 1. The molecule has 0 spiro atoms. The Balaban J connectivity index is 0.00000338. The molecule has 1 heterocycles. The lowest BCUT2D eigenvalue weighted by molar-refractivity contribution is 0.100. The molecule has 0 aliphatic carbocycles. The average molecular weight is 510 g/mol. The maximum atomic E-state index is 11.1. The van der Waals surface area contributed by atoms with Crippen LogP contribution in [0.1, 0.15) is 28.5 Å². The van der Waals surface area contributed by atoms with Gasteiger partial charge >= 0.3 is 0 Å². The second-order valence-electron chi connectivity index (χ2n) is 5.44. The molecule has 9 heteroatoms. The number of carbonyl (C=O) groups excluding carboxylic acids is 1. The van der Waals surface area contributed by atoms with Gasteiger partial charge in [-0.15, -0.1) is 24.0 Å². The first-order chi connectivity index (χ1) is 11.9. The van der Waals surface area contributed by atoms with Gasteiger partial charge in [0.15, 0.2) is 5.96 Å². The zero-order chi connectivity index (χ0) is 18.4. The number of carbonyl (C=O) groups is 1. The van der Waals surface area contributed by atoms with E-state index in [0.29, 0.717) is 34.8 Å². The molecule has 1 amide bonds. The third-order valence-corrected chi connectivity index (χ3v) is 4.50. The van der Waals surface area contributed by atoms with E-state index < -0.39 is 5.91 Å². The van der Waals surface area contributed by atoms with E-state index >= 15 is 0 Å². The van der Waals surface area contributed by atoms with Crippen molar-refractivity contribution < 1.29 is 4.79 Å². The summed E-state index contributed by atoms with van der Waals surface area (Å²) in [7, 11) is 1.86. The third kappa shape index (κ3) is 6.07. The fraction of sp³-hybridized carbons (Fsp3) is 0.294. The van der Waals surface area contributed by atoms with Crippen LogP contribution >= 0.6 is 47.2 Å². The van der Waals surface area contributed by atoms with E-state index in [1.807, 2.05) is 36.7 Å². The van der Waals surface area contributed by atoms with Crippen LogP contribution in [0.5, 0.6) is 0 Å². The number of hydrogen-bond donors (Lipinski definition) is 3. The lowest BCUT2D eigenvalue weighted by atomic mass is 10.1. The van der Waals surface area contributed by atoms with Crippen molar-refractivity contribution in [3.05, 3.63) is 57.3 Å². The number of amides is 1. The topological polar surface area (TPSA) is 84.4 Å². The van der Waals surface area contributed by atoms with Gasteiger partial charge < -0.3 is 20.9 Å². The largest absolute Gasteiger partial charge is 0.366 e. The van der Waals surface area contributed by atoms with Crippen LogP contribution in [0.3, 0.4) is 0 Å². The quantitative estimate of drug-likeness (QED) is 0.317. The van der Waals surface area contributed by atoms with E-state index in [2.05, 4.69) is 15.6 Å². The number of primary amides is 1. The molecule has 1 aromatic heterocycles. The molecule has 0 bridgehead atoms. The first-order valence-electron chi connectivity index (χ1n) is 7.83. The first-order valence-corrected chi connectivity index (χ1v) is 8.58. The van der Waals surface area contributed by atoms with Crippen molar-refractivity contribution >= 4 is 59.0 Å². The van der Waals surface area contributed by atoms with E-state index in [1.165, 1.54) is 0 Å². The van der Waals surface area contributed by atoms with Gasteiger partial charge in [0.1, 0.15) is 5.15 Å². The van der Waals surface area contributed by atoms with Gasteiger partial charge in [0.05, 0.1) is 18.1 Å². The van der Waals surface area contributed by atoms with Crippen LogP contribution in [0.4, 0.5) is 0 Å². The number of nitrogens with zero attached hydrogens (tertiary/aromatic N) is 2. The smallest absolute Gasteiger partial charge is 0.248 e. The Hall–Kier alpha value is -1.45. The van der Waals surface area contributed by atoms with Crippen LogP contribution < -0.4 is 16.4 Å². The van der Waals surface area contributed by atoms with E-state index in [9.17, 15) is 4.79 Å². The first kappa shape index (κ1) is 22.6. The molecule has 142 valence electrons. The van der Waals surface area contributed by atoms with Gasteiger partial charge in [0.25, 0.3) is 0 Å². The Morgan fingerprint density at radius 1 is 1.23 bits per heavy atom. The van der Waals surface area contributed by atoms with Gasteiger partial charge in [0, 0.05) is 24.8 Å². The van der Waals surface area contributed by atoms with Crippen LogP contribution in [0, 0.1) is 0 Å². The molecule has 4 N–H and O–H groups in total. The van der Waals surface area contributed by atoms with Gasteiger partial charge in [-0.25, -0.2) is 4.99 Å². The van der Waals surface area contributed by atoms with Crippen molar-refractivity contribution in [2.24, 2.45) is 17.8 Å². The fourth-order valence-electron chi connectivity index (χ4n) is 2.22. The van der Waals surface area contributed by atoms with Gasteiger partial charge in [-0.1, -0.05) is 35.3 Å². The molecular formula is C17H22Cl2IN5O. The van der Waals surface area contributed by atoms with Crippen molar-refractivity contribution in [2.45, 2.75) is 20.0 Å². The van der Waals surface area contributed by atoms with Gasteiger partial charge in [-0.05, 0) is 30.7 Å². The highest BCUT2D eigenvalue weighted by Crippen LogP contribution is 2.24. The molecule has 0 aliphatic rings. The number of halogens is 3. The number of aliphatic imine (C=N–C) groups is 1. The zero-order valence-electron chi connectivity index (χ0n) is 14.6. The Labute approximate surface area is 180 Å². The summed E-state index contributed by atoms with van der Waals surface area (Å²) < 4.78 is 1.82. The molecule has 2 rings (SSSR count). The van der Waals surface area contributed by atoms with Gasteiger partial charge in [0.2, 0.25) is 5.91 Å². The lowest BCUT2D eigenvalue weighted by Gasteiger charge is -2.12. The minimum atomic E-state index is -0.440. The Morgan fingerprint density at radius 3 is 2.38 bits per heavy atom. The van der Waals surface area contributed by atoms with Crippen molar-refractivity contribution in [2.75, 3.05) is 6.54 Å². The van der Waals surface area contributed by atoms with Crippen LogP contribution in [-0.2, 0) is 20.1 Å². The van der Waals surface area contributed by atoms with E-state index in [-0.39, 0.29) is 24.0 Å². The van der Waals surface area contributed by atoms with E-state index in [1.54, 1.807) is 12.1 Å². The SMILES string of the molecule is CCNC(=NCc1ccc(C(N)=O)cc1)NCc1cc(Cl)c(Cl)n1C.I. The molecule has 1 aromatic carbocycles. The summed E-state index contributed by atoms with van der Waals surface area (Å²) in [4.78, 5) is 15.6. The van der Waals surface area contributed by atoms with Crippen LogP contribution in [0.25, 0.3) is 0 Å². The summed E-state index contributed by atoms with van der Waals surface area (Å²) >= 11 is 12.1.